The maximum atomic E-state index is 14.6. The van der Waals surface area contributed by atoms with Gasteiger partial charge in [0.1, 0.15) is 24.2 Å². The van der Waals surface area contributed by atoms with Gasteiger partial charge in [0.25, 0.3) is 6.43 Å². The van der Waals surface area contributed by atoms with E-state index in [0.717, 1.165) is 5.56 Å². The zero-order chi connectivity index (χ0) is 26.6. The van der Waals surface area contributed by atoms with Crippen LogP contribution in [0, 0.1) is 17.7 Å². The monoisotopic (exact) mass is 594 g/mol. The predicted molar refractivity (Wildman–Crippen MR) is 138 cm³/mol. The summed E-state index contributed by atoms with van der Waals surface area (Å²) >= 11 is 9.33. The number of rotatable bonds is 6. The van der Waals surface area contributed by atoms with Gasteiger partial charge in [0.2, 0.25) is 0 Å². The summed E-state index contributed by atoms with van der Waals surface area (Å²) in [5.41, 5.74) is -0.313. The number of β-amino-alcohol motifs (C(OH)–C–C–N with tert-alkyl or cyclic N) is 1. The number of pyridine rings is 1. The smallest absolute Gasteiger partial charge is 0.269 e. The summed E-state index contributed by atoms with van der Waals surface area (Å²) < 4.78 is 47.0. The minimum Gasteiger partial charge on any atom is -0.491 e. The first-order valence-corrected chi connectivity index (χ1v) is 12.6. The van der Waals surface area contributed by atoms with E-state index in [4.69, 9.17) is 16.3 Å². The Labute approximate surface area is 226 Å². The summed E-state index contributed by atoms with van der Waals surface area (Å²) in [6.45, 7) is 0.799. The van der Waals surface area contributed by atoms with Gasteiger partial charge in [-0.1, -0.05) is 29.7 Å². The standard InChI is InChI=1S/C27H23BrClF3N2O3/c28-21-13-17(1-7-23-22(30)14-19(15-33-23)18-3-5-20(29)6-4-18)2-8-24(21)37-12-11-34-10-9-27(36,26(31)32)25(35)16-34/h2-6,8,13-15,25-26,35-36H,9-12,16H2. The molecular weight excluding hydrogens is 573 g/mol. The van der Waals surface area contributed by atoms with Crippen LogP contribution in [-0.4, -0.2) is 64.5 Å². The lowest BCUT2D eigenvalue weighted by Crippen LogP contribution is -2.59. The highest BCUT2D eigenvalue weighted by Gasteiger charge is 2.47. The molecule has 3 aromatic rings. The van der Waals surface area contributed by atoms with Crippen LogP contribution in [0.15, 0.2) is 59.2 Å². The van der Waals surface area contributed by atoms with E-state index in [0.29, 0.717) is 32.9 Å². The number of aliphatic hydroxyl groups is 2. The molecule has 1 aliphatic heterocycles. The Hall–Kier alpha value is -2.61. The van der Waals surface area contributed by atoms with Gasteiger partial charge in [0, 0.05) is 42.0 Å². The van der Waals surface area contributed by atoms with Gasteiger partial charge in [-0.05, 0) is 70.2 Å². The van der Waals surface area contributed by atoms with Crippen molar-refractivity contribution in [2.24, 2.45) is 0 Å². The summed E-state index contributed by atoms with van der Waals surface area (Å²) in [7, 11) is 0. The van der Waals surface area contributed by atoms with E-state index < -0.39 is 23.9 Å². The van der Waals surface area contributed by atoms with E-state index in [1.807, 2.05) is 0 Å². The number of benzene rings is 2. The number of hydrogen-bond donors (Lipinski definition) is 2. The summed E-state index contributed by atoms with van der Waals surface area (Å²) in [5.74, 6) is 5.65. The van der Waals surface area contributed by atoms with Crippen LogP contribution in [0.3, 0.4) is 0 Å². The number of ether oxygens (including phenoxy) is 1. The number of aromatic nitrogens is 1. The number of nitrogens with zero attached hydrogens (tertiary/aromatic N) is 2. The quantitative estimate of drug-likeness (QED) is 0.386. The molecule has 2 aromatic carbocycles. The lowest BCUT2D eigenvalue weighted by atomic mass is 9.89. The molecule has 2 unspecified atom stereocenters. The first kappa shape index (κ1) is 27.4. The van der Waals surface area contributed by atoms with E-state index in [2.05, 4.69) is 32.8 Å². The molecule has 2 atom stereocenters. The molecule has 0 bridgehead atoms. The molecule has 194 valence electrons. The molecule has 5 nitrogen and oxygen atoms in total. The Balaban J connectivity index is 1.34. The number of aliphatic hydroxyl groups excluding tert-OH is 1. The van der Waals surface area contributed by atoms with Gasteiger partial charge in [-0.3, -0.25) is 4.90 Å². The van der Waals surface area contributed by atoms with E-state index in [1.165, 1.54) is 6.07 Å². The van der Waals surface area contributed by atoms with Crippen LogP contribution in [-0.2, 0) is 0 Å². The van der Waals surface area contributed by atoms with Crippen LogP contribution in [0.1, 0.15) is 17.7 Å². The Morgan fingerprint density at radius 1 is 1.16 bits per heavy atom. The Morgan fingerprint density at radius 2 is 1.92 bits per heavy atom. The molecule has 2 heterocycles. The van der Waals surface area contributed by atoms with Crippen LogP contribution in [0.2, 0.25) is 5.02 Å². The van der Waals surface area contributed by atoms with Crippen LogP contribution in [0.4, 0.5) is 13.2 Å². The Morgan fingerprint density at radius 3 is 2.57 bits per heavy atom. The Kier molecular flexibility index (Phi) is 8.78. The van der Waals surface area contributed by atoms with Crippen molar-refractivity contribution in [3.05, 3.63) is 81.3 Å². The van der Waals surface area contributed by atoms with E-state index in [-0.39, 0.29) is 31.8 Å². The van der Waals surface area contributed by atoms with Crippen molar-refractivity contribution < 1.29 is 28.1 Å². The number of alkyl halides is 2. The number of piperidine rings is 1. The van der Waals surface area contributed by atoms with Gasteiger partial charge in [0.05, 0.1) is 4.47 Å². The predicted octanol–water partition coefficient (Wildman–Crippen LogP) is 5.15. The normalized spacial score (nSPS) is 19.9. The zero-order valence-electron chi connectivity index (χ0n) is 19.5. The summed E-state index contributed by atoms with van der Waals surface area (Å²) in [6, 6.07) is 13.6. The summed E-state index contributed by atoms with van der Waals surface area (Å²) in [4.78, 5) is 5.90. The van der Waals surface area contributed by atoms with Crippen LogP contribution >= 0.6 is 27.5 Å². The molecule has 0 amide bonds. The van der Waals surface area contributed by atoms with Crippen molar-refractivity contribution in [3.63, 3.8) is 0 Å². The van der Waals surface area contributed by atoms with Crippen molar-refractivity contribution in [1.29, 1.82) is 0 Å². The molecule has 37 heavy (non-hydrogen) atoms. The fraction of sp³-hybridized carbons (Fsp3) is 0.296. The van der Waals surface area contributed by atoms with Crippen molar-refractivity contribution in [2.45, 2.75) is 24.6 Å². The molecule has 0 aliphatic carbocycles. The average molecular weight is 596 g/mol. The molecule has 10 heteroatoms. The minimum atomic E-state index is -3.00. The maximum absolute atomic E-state index is 14.6. The highest BCUT2D eigenvalue weighted by Crippen LogP contribution is 2.30. The lowest BCUT2D eigenvalue weighted by molar-refractivity contribution is -0.188. The fourth-order valence-electron chi connectivity index (χ4n) is 3.90. The lowest BCUT2D eigenvalue weighted by Gasteiger charge is -2.41. The van der Waals surface area contributed by atoms with E-state index in [9.17, 15) is 23.4 Å². The fourth-order valence-corrected chi connectivity index (χ4v) is 4.52. The van der Waals surface area contributed by atoms with Gasteiger partial charge in [-0.2, -0.15) is 0 Å². The topological polar surface area (TPSA) is 65.8 Å². The van der Waals surface area contributed by atoms with Gasteiger partial charge in [-0.25, -0.2) is 18.2 Å². The average Bonchev–Trinajstić information content (AvgIpc) is 2.87. The van der Waals surface area contributed by atoms with Crippen molar-refractivity contribution in [2.75, 3.05) is 26.2 Å². The molecule has 0 saturated carbocycles. The summed E-state index contributed by atoms with van der Waals surface area (Å²) in [6.07, 6.45) is -3.20. The number of likely N-dealkylation sites (tertiary alicyclic amines) is 1. The second kappa shape index (κ2) is 11.8. The molecule has 2 N–H and O–H groups in total. The van der Waals surface area contributed by atoms with Crippen LogP contribution < -0.4 is 4.74 Å². The molecule has 1 aliphatic rings. The second-order valence-electron chi connectivity index (χ2n) is 8.66. The largest absolute Gasteiger partial charge is 0.491 e. The number of hydrogen-bond acceptors (Lipinski definition) is 5. The van der Waals surface area contributed by atoms with Crippen molar-refractivity contribution in [1.82, 2.24) is 9.88 Å². The third-order valence-corrected chi connectivity index (χ3v) is 7.03. The van der Waals surface area contributed by atoms with Gasteiger partial charge in [-0.15, -0.1) is 0 Å². The third-order valence-electron chi connectivity index (χ3n) is 6.16. The molecule has 4 rings (SSSR count). The highest BCUT2D eigenvalue weighted by atomic mass is 79.9. The van der Waals surface area contributed by atoms with Crippen LogP contribution in [0.25, 0.3) is 11.1 Å². The Bertz CT molecular complexity index is 1320. The zero-order valence-corrected chi connectivity index (χ0v) is 21.8. The van der Waals surface area contributed by atoms with Gasteiger partial charge >= 0.3 is 0 Å². The molecule has 1 aromatic heterocycles. The first-order chi connectivity index (χ1) is 17.7. The SMILES string of the molecule is OC1CN(CCOc2ccc(C#Cc3ncc(-c4ccc(Cl)cc4)cc3F)cc2Br)CCC1(O)C(F)F. The molecule has 0 radical (unpaired) electrons. The van der Waals surface area contributed by atoms with Gasteiger partial charge < -0.3 is 14.9 Å². The number of halogens is 5. The third kappa shape index (κ3) is 6.64. The molecule has 0 spiro atoms. The maximum Gasteiger partial charge on any atom is 0.269 e. The molecule has 1 fully saturated rings. The van der Waals surface area contributed by atoms with Crippen molar-refractivity contribution >= 4 is 27.5 Å². The highest BCUT2D eigenvalue weighted by molar-refractivity contribution is 9.10. The van der Waals surface area contributed by atoms with Gasteiger partial charge in [0.15, 0.2) is 11.4 Å². The second-order valence-corrected chi connectivity index (χ2v) is 9.95. The first-order valence-electron chi connectivity index (χ1n) is 11.4. The van der Waals surface area contributed by atoms with Crippen LogP contribution in [0.5, 0.6) is 5.75 Å². The van der Waals surface area contributed by atoms with Crippen molar-refractivity contribution in [3.8, 4) is 28.7 Å². The summed E-state index contributed by atoms with van der Waals surface area (Å²) in [5, 5.41) is 20.4. The molecular formula is C27H23BrClF3N2O3. The van der Waals surface area contributed by atoms with E-state index >= 15 is 0 Å². The minimum absolute atomic E-state index is 0.0246. The van der Waals surface area contributed by atoms with E-state index in [1.54, 1.807) is 53.6 Å². The molecule has 1 saturated heterocycles.